The van der Waals surface area contributed by atoms with Crippen LogP contribution in [0.25, 0.3) is 11.3 Å². The maximum absolute atomic E-state index is 13.8. The SMILES string of the molecule is Cc1cc(Nc2c(-c3ccc(F)cc3)nc3n2CC(=O)N(CC2CNC2)C3(C)C)ccc1F. The van der Waals surface area contributed by atoms with Crippen LogP contribution >= 0.6 is 0 Å². The monoisotopic (exact) mass is 451 g/mol. The molecule has 33 heavy (non-hydrogen) atoms. The van der Waals surface area contributed by atoms with Crippen molar-refractivity contribution in [3.63, 3.8) is 0 Å². The van der Waals surface area contributed by atoms with Crippen LogP contribution in [-0.2, 0) is 16.9 Å². The zero-order chi connectivity index (χ0) is 23.3. The van der Waals surface area contributed by atoms with Crippen LogP contribution < -0.4 is 10.6 Å². The highest BCUT2D eigenvalue weighted by Gasteiger charge is 2.44. The number of halogens is 2. The number of imidazole rings is 1. The summed E-state index contributed by atoms with van der Waals surface area (Å²) >= 11 is 0. The third kappa shape index (κ3) is 3.78. The standard InChI is InChI=1S/C25H27F2N5O/c1-15-10-19(8-9-20(15)27)29-23-22(17-4-6-18(26)7-5-17)30-24-25(2,3)32(13-16-11-28-12-16)21(33)14-31(23)24/h4-10,16,28-29H,11-14H2,1-3H3. The number of carbonyl (C=O) groups excluding carboxylic acids is 1. The van der Waals surface area contributed by atoms with Gasteiger partial charge >= 0.3 is 0 Å². The van der Waals surface area contributed by atoms with Gasteiger partial charge in [-0.15, -0.1) is 0 Å². The summed E-state index contributed by atoms with van der Waals surface area (Å²) in [5.41, 5.74) is 1.93. The maximum atomic E-state index is 13.8. The fraction of sp³-hybridized carbons (Fsp3) is 0.360. The van der Waals surface area contributed by atoms with Crippen LogP contribution in [0, 0.1) is 24.5 Å². The molecule has 1 amide bonds. The minimum atomic E-state index is -0.627. The first-order chi connectivity index (χ1) is 15.7. The van der Waals surface area contributed by atoms with E-state index in [4.69, 9.17) is 4.98 Å². The molecule has 2 N–H and O–H groups in total. The molecule has 0 spiro atoms. The molecule has 2 aliphatic rings. The highest BCUT2D eigenvalue weighted by atomic mass is 19.1. The van der Waals surface area contributed by atoms with Crippen LogP contribution in [0.3, 0.4) is 0 Å². The molecule has 2 aliphatic heterocycles. The number of aryl methyl sites for hydroxylation is 1. The third-order valence-corrected chi connectivity index (χ3v) is 6.63. The van der Waals surface area contributed by atoms with Crippen LogP contribution in [-0.4, -0.2) is 40.0 Å². The van der Waals surface area contributed by atoms with Crippen molar-refractivity contribution < 1.29 is 13.6 Å². The number of nitrogens with one attached hydrogen (secondary N) is 2. The molecule has 0 radical (unpaired) electrons. The molecule has 5 rings (SSSR count). The number of benzene rings is 2. The van der Waals surface area contributed by atoms with Gasteiger partial charge in [0.2, 0.25) is 5.91 Å². The number of nitrogens with zero attached hydrogens (tertiary/aromatic N) is 3. The smallest absolute Gasteiger partial charge is 0.243 e. The van der Waals surface area contributed by atoms with Gasteiger partial charge in [0.1, 0.15) is 35.5 Å². The number of aromatic nitrogens is 2. The Hall–Kier alpha value is -3.26. The van der Waals surface area contributed by atoms with Gasteiger partial charge in [0, 0.05) is 36.8 Å². The van der Waals surface area contributed by atoms with E-state index in [1.54, 1.807) is 31.2 Å². The minimum absolute atomic E-state index is 0.0285. The Labute approximate surface area is 191 Å². The Balaban J connectivity index is 1.62. The summed E-state index contributed by atoms with van der Waals surface area (Å²) in [4.78, 5) is 20.2. The molecule has 8 heteroatoms. The van der Waals surface area contributed by atoms with Crippen molar-refractivity contribution in [2.24, 2.45) is 5.92 Å². The Morgan fingerprint density at radius 1 is 1.15 bits per heavy atom. The van der Waals surface area contributed by atoms with E-state index >= 15 is 0 Å². The fourth-order valence-corrected chi connectivity index (χ4v) is 4.59. The summed E-state index contributed by atoms with van der Waals surface area (Å²) in [5, 5.41) is 6.62. The van der Waals surface area contributed by atoms with Crippen molar-refractivity contribution in [1.82, 2.24) is 19.8 Å². The summed E-state index contributed by atoms with van der Waals surface area (Å²) in [6, 6.07) is 10.9. The second kappa shape index (κ2) is 7.95. The van der Waals surface area contributed by atoms with E-state index in [0.29, 0.717) is 35.2 Å². The zero-order valence-corrected chi connectivity index (χ0v) is 19.0. The van der Waals surface area contributed by atoms with Crippen molar-refractivity contribution in [3.8, 4) is 11.3 Å². The fourth-order valence-electron chi connectivity index (χ4n) is 4.59. The van der Waals surface area contributed by atoms with Gasteiger partial charge in [-0.2, -0.15) is 0 Å². The molecule has 0 saturated carbocycles. The zero-order valence-electron chi connectivity index (χ0n) is 19.0. The van der Waals surface area contributed by atoms with Crippen molar-refractivity contribution in [2.45, 2.75) is 32.9 Å². The maximum Gasteiger partial charge on any atom is 0.243 e. The average molecular weight is 452 g/mol. The summed E-state index contributed by atoms with van der Waals surface area (Å²) in [6.07, 6.45) is 0. The largest absolute Gasteiger partial charge is 0.340 e. The molecular weight excluding hydrogens is 424 g/mol. The van der Waals surface area contributed by atoms with Crippen molar-refractivity contribution in [1.29, 1.82) is 0 Å². The highest BCUT2D eigenvalue weighted by Crippen LogP contribution is 2.40. The number of amides is 1. The van der Waals surface area contributed by atoms with Gasteiger partial charge in [-0.25, -0.2) is 13.8 Å². The molecule has 3 heterocycles. The van der Waals surface area contributed by atoms with E-state index < -0.39 is 5.54 Å². The molecule has 1 aromatic heterocycles. The van der Waals surface area contributed by atoms with Gasteiger partial charge in [-0.1, -0.05) is 0 Å². The lowest BCUT2D eigenvalue weighted by atomic mass is 9.94. The van der Waals surface area contributed by atoms with Crippen LogP contribution in [0.15, 0.2) is 42.5 Å². The molecule has 1 saturated heterocycles. The van der Waals surface area contributed by atoms with Crippen molar-refractivity contribution >= 4 is 17.4 Å². The predicted molar refractivity (Wildman–Crippen MR) is 123 cm³/mol. The molecule has 3 aromatic rings. The topological polar surface area (TPSA) is 62.2 Å². The van der Waals surface area contributed by atoms with E-state index in [2.05, 4.69) is 10.6 Å². The van der Waals surface area contributed by atoms with Gasteiger partial charge in [0.05, 0.1) is 5.54 Å². The van der Waals surface area contributed by atoms with E-state index in [1.807, 2.05) is 23.3 Å². The number of hydrogen-bond donors (Lipinski definition) is 2. The second-order valence-electron chi connectivity index (χ2n) is 9.40. The Bertz CT molecular complexity index is 1210. The number of fused-ring (bicyclic) bond motifs is 1. The van der Waals surface area contributed by atoms with E-state index in [1.165, 1.54) is 18.2 Å². The van der Waals surface area contributed by atoms with Gasteiger partial charge in [-0.3, -0.25) is 4.79 Å². The van der Waals surface area contributed by atoms with Gasteiger partial charge in [0.25, 0.3) is 0 Å². The van der Waals surface area contributed by atoms with E-state index in [-0.39, 0.29) is 24.1 Å². The first-order valence-corrected chi connectivity index (χ1v) is 11.2. The molecule has 172 valence electrons. The van der Waals surface area contributed by atoms with Crippen molar-refractivity contribution in [3.05, 3.63) is 65.5 Å². The quantitative estimate of drug-likeness (QED) is 0.611. The lowest BCUT2D eigenvalue weighted by molar-refractivity contribution is -0.142. The minimum Gasteiger partial charge on any atom is -0.340 e. The molecule has 0 unspecified atom stereocenters. The molecule has 1 fully saturated rings. The average Bonchev–Trinajstić information content (AvgIpc) is 3.09. The van der Waals surface area contributed by atoms with E-state index in [0.717, 1.165) is 24.5 Å². The van der Waals surface area contributed by atoms with Crippen LogP contribution in [0.5, 0.6) is 0 Å². The highest BCUT2D eigenvalue weighted by molar-refractivity contribution is 5.83. The third-order valence-electron chi connectivity index (χ3n) is 6.63. The summed E-state index contributed by atoms with van der Waals surface area (Å²) < 4.78 is 29.3. The lowest BCUT2D eigenvalue weighted by Gasteiger charge is -2.45. The van der Waals surface area contributed by atoms with E-state index in [9.17, 15) is 13.6 Å². The van der Waals surface area contributed by atoms with Gasteiger partial charge in [-0.05, 0) is 68.8 Å². The summed E-state index contributed by atoms with van der Waals surface area (Å²) in [6.45, 7) is 8.36. The van der Waals surface area contributed by atoms with Crippen LogP contribution in [0.1, 0.15) is 25.2 Å². The lowest BCUT2D eigenvalue weighted by Crippen LogP contribution is -2.58. The summed E-state index contributed by atoms with van der Waals surface area (Å²) in [5.74, 6) is 1.24. The molecule has 2 aromatic carbocycles. The van der Waals surface area contributed by atoms with Crippen LogP contribution in [0.4, 0.5) is 20.3 Å². The number of anilines is 2. The molecule has 6 nitrogen and oxygen atoms in total. The normalized spacial score (nSPS) is 17.6. The predicted octanol–water partition coefficient (Wildman–Crippen LogP) is 4.18. The first kappa shape index (κ1) is 21.6. The molecule has 0 aliphatic carbocycles. The first-order valence-electron chi connectivity index (χ1n) is 11.2. The molecule has 0 atom stereocenters. The van der Waals surface area contributed by atoms with Crippen molar-refractivity contribution in [2.75, 3.05) is 25.0 Å². The Kier molecular flexibility index (Phi) is 5.20. The Morgan fingerprint density at radius 3 is 2.52 bits per heavy atom. The molecular formula is C25H27F2N5O. The number of hydrogen-bond acceptors (Lipinski definition) is 4. The van der Waals surface area contributed by atoms with Gasteiger partial charge < -0.3 is 20.1 Å². The molecule has 0 bridgehead atoms. The summed E-state index contributed by atoms with van der Waals surface area (Å²) in [7, 11) is 0. The second-order valence-corrected chi connectivity index (χ2v) is 9.40. The number of rotatable bonds is 5. The van der Waals surface area contributed by atoms with Gasteiger partial charge in [0.15, 0.2) is 0 Å². The number of carbonyl (C=O) groups is 1. The van der Waals surface area contributed by atoms with Crippen LogP contribution in [0.2, 0.25) is 0 Å². The Morgan fingerprint density at radius 2 is 1.88 bits per heavy atom.